The molecule has 60 valence electrons. The highest BCUT2D eigenvalue weighted by Crippen LogP contribution is 2.36. The average Bonchev–Trinajstić information content (AvgIpc) is 2.40. The molecule has 1 aliphatic heterocycles. The molecule has 2 rings (SSSR count). The molecule has 0 bridgehead atoms. The zero-order valence-corrected chi connectivity index (χ0v) is 6.82. The molecule has 0 spiro atoms. The van der Waals surface area contributed by atoms with Gasteiger partial charge >= 0.3 is 0 Å². The van der Waals surface area contributed by atoms with Crippen molar-refractivity contribution in [2.75, 3.05) is 0 Å². The van der Waals surface area contributed by atoms with Crippen molar-refractivity contribution in [2.24, 2.45) is 0 Å². The zero-order valence-electron chi connectivity index (χ0n) is 6.82. The van der Waals surface area contributed by atoms with Gasteiger partial charge in [0.15, 0.2) is 0 Å². The highest BCUT2D eigenvalue weighted by Gasteiger charge is 2.30. The molecule has 0 saturated carbocycles. The van der Waals surface area contributed by atoms with E-state index >= 15 is 0 Å². The fraction of sp³-hybridized carbons (Fsp3) is 0.300. The molecule has 2 heteroatoms. The molecular formula is C10H9NO. The molecule has 0 amide bonds. The minimum absolute atomic E-state index is 0.00704. The minimum atomic E-state index is -0.0961. The molecular weight excluding hydrogens is 150 g/mol. The van der Waals surface area contributed by atoms with Gasteiger partial charge < -0.3 is 4.74 Å². The summed E-state index contributed by atoms with van der Waals surface area (Å²) in [5, 5.41) is 8.85. The van der Waals surface area contributed by atoms with Gasteiger partial charge in [-0.3, -0.25) is 0 Å². The van der Waals surface area contributed by atoms with E-state index in [1.165, 1.54) is 0 Å². The summed E-state index contributed by atoms with van der Waals surface area (Å²) >= 11 is 0. The van der Waals surface area contributed by atoms with Crippen molar-refractivity contribution in [3.8, 4) is 11.8 Å². The van der Waals surface area contributed by atoms with Gasteiger partial charge in [-0.05, 0) is 13.0 Å². The first-order valence-corrected chi connectivity index (χ1v) is 3.98. The van der Waals surface area contributed by atoms with Crippen molar-refractivity contribution in [1.82, 2.24) is 0 Å². The van der Waals surface area contributed by atoms with E-state index in [2.05, 4.69) is 6.07 Å². The van der Waals surface area contributed by atoms with Crippen LogP contribution in [0.1, 0.15) is 18.4 Å². The third kappa shape index (κ3) is 0.868. The number of nitrogens with zero attached hydrogens (tertiary/aromatic N) is 1. The van der Waals surface area contributed by atoms with Gasteiger partial charge in [-0.1, -0.05) is 18.2 Å². The molecule has 2 atom stereocenters. The van der Waals surface area contributed by atoms with Crippen molar-refractivity contribution >= 4 is 0 Å². The van der Waals surface area contributed by atoms with Gasteiger partial charge in [0.25, 0.3) is 0 Å². The standard InChI is InChI=1S/C10H9NO/c1-7-9(6-11)8-4-2-3-5-10(8)12-7/h2-5,7,9H,1H3/t7-,9+/m1/s1. The van der Waals surface area contributed by atoms with Crippen LogP contribution in [0.25, 0.3) is 0 Å². The van der Waals surface area contributed by atoms with Gasteiger partial charge in [0, 0.05) is 5.56 Å². The molecule has 1 aromatic carbocycles. The quantitative estimate of drug-likeness (QED) is 0.580. The van der Waals surface area contributed by atoms with Crippen LogP contribution in [0.15, 0.2) is 24.3 Å². The maximum Gasteiger partial charge on any atom is 0.124 e. The smallest absolute Gasteiger partial charge is 0.124 e. The molecule has 0 radical (unpaired) electrons. The van der Waals surface area contributed by atoms with Crippen LogP contribution in [0.5, 0.6) is 5.75 Å². The van der Waals surface area contributed by atoms with Crippen LogP contribution in [0.2, 0.25) is 0 Å². The van der Waals surface area contributed by atoms with Crippen LogP contribution >= 0.6 is 0 Å². The second-order valence-corrected chi connectivity index (χ2v) is 2.97. The molecule has 0 saturated heterocycles. The fourth-order valence-electron chi connectivity index (χ4n) is 1.54. The Bertz CT molecular complexity index is 340. The summed E-state index contributed by atoms with van der Waals surface area (Å²) in [6, 6.07) is 9.96. The number of nitriles is 1. The Kier molecular flexibility index (Phi) is 1.51. The first-order chi connectivity index (χ1) is 5.83. The number of fused-ring (bicyclic) bond motifs is 1. The number of rotatable bonds is 0. The van der Waals surface area contributed by atoms with E-state index in [-0.39, 0.29) is 12.0 Å². The lowest BCUT2D eigenvalue weighted by Gasteiger charge is -2.04. The van der Waals surface area contributed by atoms with E-state index < -0.39 is 0 Å². The summed E-state index contributed by atoms with van der Waals surface area (Å²) in [6.45, 7) is 1.92. The highest BCUT2D eigenvalue weighted by atomic mass is 16.5. The summed E-state index contributed by atoms with van der Waals surface area (Å²) in [5.41, 5.74) is 1.02. The molecule has 2 nitrogen and oxygen atoms in total. The van der Waals surface area contributed by atoms with Crippen molar-refractivity contribution in [3.63, 3.8) is 0 Å². The van der Waals surface area contributed by atoms with Crippen molar-refractivity contribution in [1.29, 1.82) is 5.26 Å². The van der Waals surface area contributed by atoms with E-state index in [0.29, 0.717) is 0 Å². The summed E-state index contributed by atoms with van der Waals surface area (Å²) in [6.07, 6.45) is -0.00704. The predicted molar refractivity (Wildman–Crippen MR) is 44.9 cm³/mol. The van der Waals surface area contributed by atoms with Crippen LogP contribution in [-0.2, 0) is 0 Å². The van der Waals surface area contributed by atoms with E-state index in [0.717, 1.165) is 11.3 Å². The number of ether oxygens (including phenoxy) is 1. The van der Waals surface area contributed by atoms with Crippen LogP contribution in [0.3, 0.4) is 0 Å². The molecule has 1 aromatic rings. The molecule has 0 aliphatic carbocycles. The van der Waals surface area contributed by atoms with Crippen LogP contribution in [0.4, 0.5) is 0 Å². The monoisotopic (exact) mass is 159 g/mol. The lowest BCUT2D eigenvalue weighted by atomic mass is 9.98. The molecule has 0 unspecified atom stereocenters. The number of benzene rings is 1. The Morgan fingerprint density at radius 2 is 2.17 bits per heavy atom. The minimum Gasteiger partial charge on any atom is -0.489 e. The second-order valence-electron chi connectivity index (χ2n) is 2.97. The topological polar surface area (TPSA) is 33.0 Å². The first kappa shape index (κ1) is 7.17. The number of hydrogen-bond donors (Lipinski definition) is 0. The van der Waals surface area contributed by atoms with E-state index in [4.69, 9.17) is 10.00 Å². The number of para-hydroxylation sites is 1. The molecule has 0 fully saturated rings. The number of hydrogen-bond acceptors (Lipinski definition) is 2. The van der Waals surface area contributed by atoms with Crippen LogP contribution in [-0.4, -0.2) is 6.10 Å². The highest BCUT2D eigenvalue weighted by molar-refractivity contribution is 5.43. The second kappa shape index (κ2) is 2.53. The lowest BCUT2D eigenvalue weighted by Crippen LogP contribution is -2.11. The van der Waals surface area contributed by atoms with Gasteiger partial charge in [0.05, 0.1) is 6.07 Å². The SMILES string of the molecule is C[C@H]1Oc2ccccc2[C@H]1C#N. The Morgan fingerprint density at radius 1 is 1.42 bits per heavy atom. The van der Waals surface area contributed by atoms with Gasteiger partial charge in [-0.2, -0.15) is 5.26 Å². The van der Waals surface area contributed by atoms with Crippen LogP contribution < -0.4 is 4.74 Å². The Labute approximate surface area is 71.4 Å². The van der Waals surface area contributed by atoms with Gasteiger partial charge in [0.2, 0.25) is 0 Å². The molecule has 0 N–H and O–H groups in total. The van der Waals surface area contributed by atoms with Crippen LogP contribution in [0, 0.1) is 11.3 Å². The molecule has 12 heavy (non-hydrogen) atoms. The normalized spacial score (nSPS) is 25.7. The van der Waals surface area contributed by atoms with E-state index in [9.17, 15) is 0 Å². The lowest BCUT2D eigenvalue weighted by molar-refractivity contribution is 0.243. The van der Waals surface area contributed by atoms with Crippen molar-refractivity contribution in [3.05, 3.63) is 29.8 Å². The Morgan fingerprint density at radius 3 is 2.92 bits per heavy atom. The van der Waals surface area contributed by atoms with Gasteiger partial charge in [-0.15, -0.1) is 0 Å². The summed E-state index contributed by atoms with van der Waals surface area (Å²) in [4.78, 5) is 0. The Hall–Kier alpha value is -1.49. The third-order valence-corrected chi connectivity index (χ3v) is 2.18. The summed E-state index contributed by atoms with van der Waals surface area (Å²) in [7, 11) is 0. The zero-order chi connectivity index (χ0) is 8.55. The summed E-state index contributed by atoms with van der Waals surface area (Å²) in [5.74, 6) is 0.762. The van der Waals surface area contributed by atoms with Gasteiger partial charge in [0.1, 0.15) is 17.8 Å². The molecule has 1 aliphatic rings. The average molecular weight is 159 g/mol. The Balaban J connectivity index is 2.49. The maximum atomic E-state index is 8.85. The largest absolute Gasteiger partial charge is 0.489 e. The molecule has 1 heterocycles. The summed E-state index contributed by atoms with van der Waals surface area (Å²) < 4.78 is 5.49. The fourth-order valence-corrected chi connectivity index (χ4v) is 1.54. The maximum absolute atomic E-state index is 8.85. The third-order valence-electron chi connectivity index (χ3n) is 2.18. The molecule has 0 aromatic heterocycles. The predicted octanol–water partition coefficient (Wildman–Crippen LogP) is 2.07. The van der Waals surface area contributed by atoms with E-state index in [1.54, 1.807) is 0 Å². The van der Waals surface area contributed by atoms with Crippen molar-refractivity contribution < 1.29 is 4.74 Å². The van der Waals surface area contributed by atoms with E-state index in [1.807, 2.05) is 31.2 Å². The first-order valence-electron chi connectivity index (χ1n) is 3.98. The van der Waals surface area contributed by atoms with Gasteiger partial charge in [-0.25, -0.2) is 0 Å². The van der Waals surface area contributed by atoms with Crippen molar-refractivity contribution in [2.45, 2.75) is 18.9 Å².